The second kappa shape index (κ2) is 6.94. The van der Waals surface area contributed by atoms with E-state index < -0.39 is 0 Å². The van der Waals surface area contributed by atoms with E-state index in [-0.39, 0.29) is 23.6 Å². The molecule has 0 unspecified atom stereocenters. The molecule has 3 amide bonds. The Labute approximate surface area is 136 Å². The van der Waals surface area contributed by atoms with Gasteiger partial charge in [-0.1, -0.05) is 30.3 Å². The van der Waals surface area contributed by atoms with Gasteiger partial charge in [0.25, 0.3) is 0 Å². The van der Waals surface area contributed by atoms with E-state index in [1.807, 2.05) is 23.1 Å². The van der Waals surface area contributed by atoms with Crippen molar-refractivity contribution in [3.8, 4) is 0 Å². The average molecular weight is 314 g/mol. The molecular formula is C18H22N2O3. The Hall–Kier alpha value is -2.17. The molecule has 0 N–H and O–H groups in total. The van der Waals surface area contributed by atoms with Crippen molar-refractivity contribution in [1.82, 2.24) is 9.80 Å². The van der Waals surface area contributed by atoms with E-state index in [4.69, 9.17) is 0 Å². The molecule has 0 aliphatic carbocycles. The van der Waals surface area contributed by atoms with Crippen LogP contribution in [0.5, 0.6) is 0 Å². The van der Waals surface area contributed by atoms with Gasteiger partial charge in [0.15, 0.2) is 0 Å². The highest BCUT2D eigenvalue weighted by atomic mass is 16.2. The number of benzene rings is 1. The Morgan fingerprint density at radius 1 is 1.04 bits per heavy atom. The Bertz CT molecular complexity index is 578. The molecule has 5 nitrogen and oxygen atoms in total. The van der Waals surface area contributed by atoms with Gasteiger partial charge in [-0.25, -0.2) is 0 Å². The van der Waals surface area contributed by atoms with Crippen LogP contribution in [0.4, 0.5) is 0 Å². The standard InChI is InChI=1S/C18H22N2O3/c21-16(8-4-7-14-5-2-1-3-6-14)19-11-15(12-19)13-20-17(22)9-10-18(20)23/h1-3,5-6,15H,4,7-13H2. The molecule has 2 aliphatic rings. The van der Waals surface area contributed by atoms with Crippen LogP contribution in [-0.2, 0) is 20.8 Å². The second-order valence-corrected chi connectivity index (χ2v) is 6.40. The van der Waals surface area contributed by atoms with Crippen molar-refractivity contribution in [3.05, 3.63) is 35.9 Å². The van der Waals surface area contributed by atoms with Crippen molar-refractivity contribution >= 4 is 17.7 Å². The monoisotopic (exact) mass is 314 g/mol. The summed E-state index contributed by atoms with van der Waals surface area (Å²) in [6.07, 6.45) is 3.01. The predicted molar refractivity (Wildman–Crippen MR) is 85.4 cm³/mol. The Kier molecular flexibility index (Phi) is 4.74. The predicted octanol–water partition coefficient (Wildman–Crippen LogP) is 1.62. The lowest BCUT2D eigenvalue weighted by Crippen LogP contribution is -2.54. The summed E-state index contributed by atoms with van der Waals surface area (Å²) in [6.45, 7) is 1.81. The van der Waals surface area contributed by atoms with Gasteiger partial charge in [0.1, 0.15) is 0 Å². The molecule has 2 heterocycles. The lowest BCUT2D eigenvalue weighted by atomic mass is 9.98. The average Bonchev–Trinajstić information content (AvgIpc) is 2.82. The van der Waals surface area contributed by atoms with Gasteiger partial charge in [-0.15, -0.1) is 0 Å². The van der Waals surface area contributed by atoms with Crippen LogP contribution in [-0.4, -0.2) is 47.2 Å². The first-order chi connectivity index (χ1) is 11.1. The maximum Gasteiger partial charge on any atom is 0.229 e. The first-order valence-corrected chi connectivity index (χ1v) is 8.28. The van der Waals surface area contributed by atoms with Gasteiger partial charge in [0, 0.05) is 44.8 Å². The fourth-order valence-electron chi connectivity index (χ4n) is 3.22. The molecular weight excluding hydrogens is 292 g/mol. The lowest BCUT2D eigenvalue weighted by Gasteiger charge is -2.40. The largest absolute Gasteiger partial charge is 0.342 e. The summed E-state index contributed by atoms with van der Waals surface area (Å²) in [5.41, 5.74) is 1.26. The summed E-state index contributed by atoms with van der Waals surface area (Å²) in [6, 6.07) is 10.2. The summed E-state index contributed by atoms with van der Waals surface area (Å²) in [7, 11) is 0. The van der Waals surface area contributed by atoms with Crippen LogP contribution in [0.25, 0.3) is 0 Å². The molecule has 0 radical (unpaired) electrons. The van der Waals surface area contributed by atoms with Gasteiger partial charge in [-0.3, -0.25) is 19.3 Å². The number of rotatable bonds is 6. The third-order valence-electron chi connectivity index (χ3n) is 4.60. The van der Waals surface area contributed by atoms with E-state index in [0.29, 0.717) is 38.9 Å². The van der Waals surface area contributed by atoms with Crippen LogP contribution < -0.4 is 0 Å². The number of hydrogen-bond acceptors (Lipinski definition) is 3. The van der Waals surface area contributed by atoms with Gasteiger partial charge in [-0.05, 0) is 18.4 Å². The molecule has 122 valence electrons. The molecule has 2 fully saturated rings. The number of hydrogen-bond donors (Lipinski definition) is 0. The van der Waals surface area contributed by atoms with Crippen molar-refractivity contribution in [3.63, 3.8) is 0 Å². The van der Waals surface area contributed by atoms with Crippen molar-refractivity contribution in [2.24, 2.45) is 5.92 Å². The summed E-state index contributed by atoms with van der Waals surface area (Å²) < 4.78 is 0. The van der Waals surface area contributed by atoms with Crippen molar-refractivity contribution in [2.45, 2.75) is 32.1 Å². The molecule has 1 aromatic carbocycles. The molecule has 3 rings (SSSR count). The van der Waals surface area contributed by atoms with Gasteiger partial charge in [-0.2, -0.15) is 0 Å². The van der Waals surface area contributed by atoms with Crippen molar-refractivity contribution in [2.75, 3.05) is 19.6 Å². The number of carbonyl (C=O) groups is 3. The second-order valence-electron chi connectivity index (χ2n) is 6.40. The summed E-state index contributed by atoms with van der Waals surface area (Å²) >= 11 is 0. The van der Waals surface area contributed by atoms with Crippen LogP contribution in [0.2, 0.25) is 0 Å². The Morgan fingerprint density at radius 2 is 1.70 bits per heavy atom. The minimum Gasteiger partial charge on any atom is -0.342 e. The first-order valence-electron chi connectivity index (χ1n) is 8.28. The van der Waals surface area contributed by atoms with Crippen LogP contribution in [0, 0.1) is 5.92 Å². The van der Waals surface area contributed by atoms with Crippen molar-refractivity contribution < 1.29 is 14.4 Å². The fraction of sp³-hybridized carbons (Fsp3) is 0.500. The zero-order chi connectivity index (χ0) is 16.2. The van der Waals surface area contributed by atoms with Crippen LogP contribution in [0.1, 0.15) is 31.2 Å². The molecule has 0 bridgehead atoms. The molecule has 0 aromatic heterocycles. The maximum absolute atomic E-state index is 12.1. The third-order valence-corrected chi connectivity index (χ3v) is 4.60. The number of aryl methyl sites for hydroxylation is 1. The van der Waals surface area contributed by atoms with Crippen LogP contribution >= 0.6 is 0 Å². The first kappa shape index (κ1) is 15.7. The highest BCUT2D eigenvalue weighted by molar-refractivity contribution is 6.01. The normalized spacial score (nSPS) is 18.4. The van der Waals surface area contributed by atoms with Gasteiger partial charge in [0.2, 0.25) is 17.7 Å². The van der Waals surface area contributed by atoms with E-state index in [9.17, 15) is 14.4 Å². The minimum atomic E-state index is -0.0670. The van der Waals surface area contributed by atoms with Gasteiger partial charge >= 0.3 is 0 Å². The van der Waals surface area contributed by atoms with E-state index in [2.05, 4.69) is 12.1 Å². The van der Waals surface area contributed by atoms with Gasteiger partial charge < -0.3 is 4.90 Å². The zero-order valence-electron chi connectivity index (χ0n) is 13.2. The topological polar surface area (TPSA) is 57.7 Å². The molecule has 2 saturated heterocycles. The van der Waals surface area contributed by atoms with Crippen LogP contribution in [0.3, 0.4) is 0 Å². The molecule has 1 aromatic rings. The molecule has 0 spiro atoms. The smallest absolute Gasteiger partial charge is 0.229 e. The van der Waals surface area contributed by atoms with Gasteiger partial charge in [0.05, 0.1) is 0 Å². The SMILES string of the molecule is O=C(CCCc1ccccc1)N1CC(CN2C(=O)CCC2=O)C1. The van der Waals surface area contributed by atoms with Crippen LogP contribution in [0.15, 0.2) is 30.3 Å². The van der Waals surface area contributed by atoms with E-state index in [1.54, 1.807) is 0 Å². The molecule has 2 aliphatic heterocycles. The zero-order valence-corrected chi connectivity index (χ0v) is 13.2. The maximum atomic E-state index is 12.1. The lowest BCUT2D eigenvalue weighted by molar-refractivity contribution is -0.142. The number of carbonyl (C=O) groups excluding carboxylic acids is 3. The highest BCUT2D eigenvalue weighted by Gasteiger charge is 2.36. The third kappa shape index (κ3) is 3.78. The van der Waals surface area contributed by atoms with Crippen molar-refractivity contribution in [1.29, 1.82) is 0 Å². The Balaban J connectivity index is 1.35. The van der Waals surface area contributed by atoms with E-state index in [1.165, 1.54) is 10.5 Å². The summed E-state index contributed by atoms with van der Waals surface area (Å²) in [5.74, 6) is 0.292. The molecule has 0 saturated carbocycles. The summed E-state index contributed by atoms with van der Waals surface area (Å²) in [4.78, 5) is 38.5. The van der Waals surface area contributed by atoms with E-state index in [0.717, 1.165) is 12.8 Å². The van der Waals surface area contributed by atoms with E-state index >= 15 is 0 Å². The molecule has 23 heavy (non-hydrogen) atoms. The minimum absolute atomic E-state index is 0.0670. The molecule has 0 atom stereocenters. The number of imide groups is 1. The summed E-state index contributed by atoms with van der Waals surface area (Å²) in [5, 5.41) is 0. The quantitative estimate of drug-likeness (QED) is 0.750. The number of amides is 3. The number of likely N-dealkylation sites (tertiary alicyclic amines) is 2. The highest BCUT2D eigenvalue weighted by Crippen LogP contribution is 2.22. The molecule has 5 heteroatoms. The Morgan fingerprint density at radius 3 is 2.35 bits per heavy atom. The fourth-order valence-corrected chi connectivity index (χ4v) is 3.22. The number of nitrogens with zero attached hydrogens (tertiary/aromatic N) is 2.